The lowest BCUT2D eigenvalue weighted by Gasteiger charge is -2.30. The predicted molar refractivity (Wildman–Crippen MR) is 153 cm³/mol. The number of amides is 2. The number of aliphatic imine (C=N–C) groups is 1. The number of rotatable bonds is 7. The monoisotopic (exact) mass is 578 g/mol. The van der Waals surface area contributed by atoms with Crippen LogP contribution in [0, 0.1) is 17.2 Å². The van der Waals surface area contributed by atoms with Crippen LogP contribution >= 0.6 is 11.8 Å². The molecule has 1 heterocycles. The Morgan fingerprint density at radius 2 is 1.73 bits per heavy atom. The summed E-state index contributed by atoms with van der Waals surface area (Å²) in [5.74, 6) is -2.34. The highest BCUT2D eigenvalue weighted by Gasteiger charge is 2.39. The number of benzene rings is 3. The number of alkyl halides is 3. The molecule has 0 aliphatic carbocycles. The van der Waals surface area contributed by atoms with E-state index in [-0.39, 0.29) is 11.4 Å². The molecule has 210 valence electrons. The molecule has 0 bridgehead atoms. The average Bonchev–Trinajstić information content (AvgIpc) is 2.96. The summed E-state index contributed by atoms with van der Waals surface area (Å²) in [6.45, 7) is 1.66. The van der Waals surface area contributed by atoms with Crippen LogP contribution in [0.25, 0.3) is 0 Å². The van der Waals surface area contributed by atoms with Crippen molar-refractivity contribution >= 4 is 40.0 Å². The van der Waals surface area contributed by atoms with E-state index in [1.54, 1.807) is 43.3 Å². The first kappa shape index (κ1) is 29.4. The van der Waals surface area contributed by atoms with Gasteiger partial charge in [0, 0.05) is 22.9 Å². The molecular weight excluding hydrogens is 553 g/mol. The molecule has 0 saturated carbocycles. The second kappa shape index (κ2) is 12.7. The van der Waals surface area contributed by atoms with E-state index >= 15 is 0 Å². The number of nitriles is 1. The van der Waals surface area contributed by atoms with Crippen LogP contribution < -0.4 is 15.4 Å². The third kappa shape index (κ3) is 6.96. The van der Waals surface area contributed by atoms with Crippen LogP contribution in [0.1, 0.15) is 24.0 Å². The number of ether oxygens (including phenoxy) is 1. The minimum absolute atomic E-state index is 0.00128. The van der Waals surface area contributed by atoms with Gasteiger partial charge in [-0.3, -0.25) is 9.59 Å². The molecule has 7 nitrogen and oxygen atoms in total. The molecule has 1 aliphatic rings. The number of nitrogens with one attached hydrogen (secondary N) is 2. The predicted octanol–water partition coefficient (Wildman–Crippen LogP) is 6.63. The number of hydrogen-bond donors (Lipinski definition) is 2. The van der Waals surface area contributed by atoms with E-state index in [0.29, 0.717) is 33.3 Å². The molecule has 1 aliphatic heterocycles. The van der Waals surface area contributed by atoms with Crippen LogP contribution in [-0.4, -0.2) is 29.7 Å². The molecule has 1 unspecified atom stereocenters. The summed E-state index contributed by atoms with van der Waals surface area (Å²) >= 11 is 1.00. The van der Waals surface area contributed by atoms with E-state index in [0.717, 1.165) is 23.9 Å². The van der Waals surface area contributed by atoms with E-state index in [9.17, 15) is 28.0 Å². The average molecular weight is 579 g/mol. The van der Waals surface area contributed by atoms with Gasteiger partial charge in [0.05, 0.1) is 35.2 Å². The molecule has 2 amide bonds. The van der Waals surface area contributed by atoms with Gasteiger partial charge in [-0.15, -0.1) is 0 Å². The van der Waals surface area contributed by atoms with Crippen LogP contribution in [0.3, 0.4) is 0 Å². The van der Waals surface area contributed by atoms with Crippen molar-refractivity contribution in [2.45, 2.75) is 19.0 Å². The van der Waals surface area contributed by atoms with Gasteiger partial charge < -0.3 is 15.4 Å². The van der Waals surface area contributed by atoms with Crippen LogP contribution in [-0.2, 0) is 15.8 Å². The van der Waals surface area contributed by atoms with Crippen LogP contribution in [0.2, 0.25) is 0 Å². The molecule has 0 saturated heterocycles. The topological polar surface area (TPSA) is 104 Å². The molecule has 2 N–H and O–H groups in total. The molecule has 0 aromatic heterocycles. The van der Waals surface area contributed by atoms with Crippen molar-refractivity contribution < 1.29 is 27.5 Å². The summed E-state index contributed by atoms with van der Waals surface area (Å²) in [6, 6.07) is 22.6. The van der Waals surface area contributed by atoms with Crippen molar-refractivity contribution in [3.8, 4) is 11.8 Å². The van der Waals surface area contributed by atoms with Crippen molar-refractivity contribution in [2.24, 2.45) is 10.9 Å². The largest absolute Gasteiger partial charge is 0.495 e. The van der Waals surface area contributed by atoms with E-state index < -0.39 is 35.4 Å². The third-order valence-electron chi connectivity index (χ3n) is 6.30. The summed E-state index contributed by atoms with van der Waals surface area (Å²) in [6.07, 6.45) is -4.54. The van der Waals surface area contributed by atoms with Crippen molar-refractivity contribution in [3.63, 3.8) is 0 Å². The fourth-order valence-electron chi connectivity index (χ4n) is 4.45. The zero-order chi connectivity index (χ0) is 29.6. The second-order valence-corrected chi connectivity index (χ2v) is 10.0. The van der Waals surface area contributed by atoms with Crippen molar-refractivity contribution in [3.05, 3.63) is 101 Å². The Bertz CT molecular complexity index is 1550. The van der Waals surface area contributed by atoms with Gasteiger partial charge in [0.15, 0.2) is 0 Å². The van der Waals surface area contributed by atoms with Gasteiger partial charge in [-0.25, -0.2) is 4.99 Å². The highest BCUT2D eigenvalue weighted by molar-refractivity contribution is 8.14. The fourth-order valence-corrected chi connectivity index (χ4v) is 5.37. The summed E-state index contributed by atoms with van der Waals surface area (Å²) in [7, 11) is 1.49. The number of anilines is 2. The molecule has 0 fully saturated rings. The lowest BCUT2D eigenvalue weighted by molar-refractivity contribution is -0.137. The van der Waals surface area contributed by atoms with Gasteiger partial charge in [-0.05, 0) is 42.8 Å². The summed E-state index contributed by atoms with van der Waals surface area (Å²) in [5, 5.41) is 15.9. The van der Waals surface area contributed by atoms with Gasteiger partial charge >= 0.3 is 6.18 Å². The number of thioether (sulfide) groups is 1. The van der Waals surface area contributed by atoms with Crippen LogP contribution in [0.15, 0.2) is 95.1 Å². The molecule has 4 rings (SSSR count). The molecule has 3 aromatic rings. The Hall–Kier alpha value is -4.56. The summed E-state index contributed by atoms with van der Waals surface area (Å²) < 4.78 is 44.5. The molecule has 0 radical (unpaired) electrons. The lowest BCUT2D eigenvalue weighted by atomic mass is 9.78. The Balaban J connectivity index is 1.60. The number of methoxy groups -OCH3 is 1. The van der Waals surface area contributed by atoms with Crippen LogP contribution in [0.5, 0.6) is 5.75 Å². The third-order valence-corrected chi connectivity index (χ3v) is 7.35. The Kier molecular flexibility index (Phi) is 9.14. The molecule has 0 spiro atoms. The Labute approximate surface area is 239 Å². The van der Waals surface area contributed by atoms with Crippen molar-refractivity contribution in [1.29, 1.82) is 5.26 Å². The van der Waals surface area contributed by atoms with E-state index in [1.165, 1.54) is 19.2 Å². The fraction of sp³-hybridized carbons (Fsp3) is 0.200. The Morgan fingerprint density at radius 1 is 1.02 bits per heavy atom. The molecule has 2 atom stereocenters. The van der Waals surface area contributed by atoms with Gasteiger partial charge in [-0.1, -0.05) is 60.3 Å². The summed E-state index contributed by atoms with van der Waals surface area (Å²) in [4.78, 5) is 30.8. The smallest absolute Gasteiger partial charge is 0.416 e. The van der Waals surface area contributed by atoms with Gasteiger partial charge in [0.25, 0.3) is 5.91 Å². The zero-order valence-corrected chi connectivity index (χ0v) is 22.8. The number of carbonyl (C=O) groups excluding carboxylic acids is 2. The number of allylic oxidation sites excluding steroid dienone is 1. The first-order valence-electron chi connectivity index (χ1n) is 12.4. The summed E-state index contributed by atoms with van der Waals surface area (Å²) in [5.41, 5.74) is 0.960. The Morgan fingerprint density at radius 3 is 2.41 bits per heavy atom. The standard InChI is InChI=1S/C30H25F3N4O3S/c1-18-26(28(39)37-23-13-6-7-14-24(23)40-2)27(19-9-4-3-5-10-19)22(16-34)29(35-18)41-17-25(38)36-21-12-8-11-20(15-21)30(31,32)33/h3-15,22,27H,17H2,1-2H3,(H,36,38)(H,37,39)/t22?,27-/m1/s1. The van der Waals surface area contributed by atoms with Gasteiger partial charge in [-0.2, -0.15) is 18.4 Å². The first-order valence-corrected chi connectivity index (χ1v) is 13.4. The van der Waals surface area contributed by atoms with E-state index in [4.69, 9.17) is 4.74 Å². The maximum atomic E-state index is 13.6. The first-order chi connectivity index (χ1) is 19.6. The number of halogens is 3. The molecule has 11 heteroatoms. The highest BCUT2D eigenvalue weighted by atomic mass is 32.2. The lowest BCUT2D eigenvalue weighted by Crippen LogP contribution is -2.32. The molecule has 41 heavy (non-hydrogen) atoms. The number of carbonyl (C=O) groups is 2. The normalized spacial score (nSPS) is 16.8. The van der Waals surface area contributed by atoms with Crippen molar-refractivity contribution in [1.82, 2.24) is 0 Å². The maximum Gasteiger partial charge on any atom is 0.416 e. The van der Waals surface area contributed by atoms with Gasteiger partial charge in [0.1, 0.15) is 11.7 Å². The maximum absolute atomic E-state index is 13.6. The quantitative estimate of drug-likeness (QED) is 0.327. The van der Waals surface area contributed by atoms with E-state index in [1.807, 2.05) is 18.2 Å². The molecular formula is C30H25F3N4O3S. The van der Waals surface area contributed by atoms with E-state index in [2.05, 4.69) is 21.7 Å². The van der Waals surface area contributed by atoms with Crippen LogP contribution in [0.4, 0.5) is 24.5 Å². The van der Waals surface area contributed by atoms with Gasteiger partial charge in [0.2, 0.25) is 5.91 Å². The highest BCUT2D eigenvalue weighted by Crippen LogP contribution is 2.42. The number of para-hydroxylation sites is 2. The SMILES string of the molecule is COc1ccccc1NC(=O)C1=C(C)N=C(SCC(=O)Nc2cccc(C(F)(F)F)c2)C(C#N)[C@H]1c1ccccc1. The number of nitrogens with zero attached hydrogens (tertiary/aromatic N) is 2. The number of hydrogen-bond acceptors (Lipinski definition) is 6. The zero-order valence-electron chi connectivity index (χ0n) is 22.0. The molecule has 3 aromatic carbocycles. The van der Waals surface area contributed by atoms with Crippen molar-refractivity contribution in [2.75, 3.05) is 23.5 Å². The second-order valence-electron chi connectivity index (χ2n) is 9.01. The minimum Gasteiger partial charge on any atom is -0.495 e. The minimum atomic E-state index is -4.54.